The van der Waals surface area contributed by atoms with Gasteiger partial charge < -0.3 is 5.32 Å². The number of benzene rings is 1. The van der Waals surface area contributed by atoms with Crippen molar-refractivity contribution < 1.29 is 9.18 Å². The molecular weight excluding hydrogens is 337 g/mol. The van der Waals surface area contributed by atoms with Crippen LogP contribution in [0.3, 0.4) is 0 Å². The monoisotopic (exact) mass is 349 g/mol. The molecule has 0 spiro atoms. The van der Waals surface area contributed by atoms with Crippen molar-refractivity contribution in [2.45, 2.75) is 5.16 Å². The Balaban J connectivity index is 1.72. The molecule has 3 rings (SSSR count). The van der Waals surface area contributed by atoms with Gasteiger partial charge in [-0.05, 0) is 29.6 Å². The van der Waals surface area contributed by atoms with Crippen LogP contribution >= 0.6 is 23.1 Å². The predicted octanol–water partition coefficient (Wildman–Crippen LogP) is 2.86. The Morgan fingerprint density at radius 1 is 1.43 bits per heavy atom. The van der Waals surface area contributed by atoms with E-state index < -0.39 is 5.82 Å². The molecule has 1 amide bonds. The average Bonchev–Trinajstić information content (AvgIpc) is 2.98. The van der Waals surface area contributed by atoms with Crippen LogP contribution in [-0.4, -0.2) is 21.2 Å². The molecule has 0 bridgehead atoms. The lowest BCUT2D eigenvalue weighted by Crippen LogP contribution is -2.20. The van der Waals surface area contributed by atoms with Gasteiger partial charge in [0.15, 0.2) is 5.16 Å². The summed E-state index contributed by atoms with van der Waals surface area (Å²) in [6.07, 6.45) is 0. The number of hydrogen-bond donors (Lipinski definition) is 1. The molecule has 2 heterocycles. The zero-order chi connectivity index (χ0) is 16.4. The Kier molecular flexibility index (Phi) is 4.44. The van der Waals surface area contributed by atoms with E-state index in [1.807, 2.05) is 5.38 Å². The molecule has 0 unspecified atom stereocenters. The summed E-state index contributed by atoms with van der Waals surface area (Å²) in [5.41, 5.74) is 0.898. The topological polar surface area (TPSA) is 64.0 Å². The summed E-state index contributed by atoms with van der Waals surface area (Å²) in [6, 6.07) is 7.46. The van der Waals surface area contributed by atoms with Gasteiger partial charge in [-0.3, -0.25) is 14.2 Å². The molecule has 1 aromatic carbocycles. The third kappa shape index (κ3) is 3.43. The van der Waals surface area contributed by atoms with Crippen molar-refractivity contribution in [2.24, 2.45) is 7.05 Å². The third-order valence-electron chi connectivity index (χ3n) is 3.09. The summed E-state index contributed by atoms with van der Waals surface area (Å²) < 4.78 is 15.1. The highest BCUT2D eigenvalue weighted by atomic mass is 32.2. The number of carbonyl (C=O) groups excluding carboxylic acids is 1. The van der Waals surface area contributed by atoms with Gasteiger partial charge in [-0.25, -0.2) is 9.37 Å². The van der Waals surface area contributed by atoms with Crippen molar-refractivity contribution in [3.63, 3.8) is 0 Å². The van der Waals surface area contributed by atoms with Crippen LogP contribution in [0.1, 0.15) is 0 Å². The first-order valence-corrected chi connectivity index (χ1v) is 8.53. The van der Waals surface area contributed by atoms with Crippen molar-refractivity contribution in [1.82, 2.24) is 9.55 Å². The third-order valence-corrected chi connectivity index (χ3v) is 5.01. The Labute approximate surface area is 139 Å². The standard InChI is InChI=1S/C15H12FN3O2S2/c1-19-14(21)13-11(5-6-22-13)18-15(19)23-8-12(20)17-10-4-2-3-9(16)7-10/h2-7H,8H2,1H3,(H,17,20). The van der Waals surface area contributed by atoms with Crippen LogP contribution in [0.4, 0.5) is 10.1 Å². The number of aromatic nitrogens is 2. The first-order chi connectivity index (χ1) is 11.0. The lowest BCUT2D eigenvalue weighted by molar-refractivity contribution is -0.113. The molecule has 3 aromatic rings. The molecule has 118 valence electrons. The number of thiophene rings is 1. The summed E-state index contributed by atoms with van der Waals surface area (Å²) in [5, 5.41) is 4.88. The molecule has 2 aromatic heterocycles. The Bertz CT molecular complexity index is 936. The number of nitrogens with one attached hydrogen (secondary N) is 1. The number of hydrogen-bond acceptors (Lipinski definition) is 5. The highest BCUT2D eigenvalue weighted by Gasteiger charge is 2.12. The molecule has 23 heavy (non-hydrogen) atoms. The van der Waals surface area contributed by atoms with Crippen LogP contribution < -0.4 is 10.9 Å². The number of anilines is 1. The van der Waals surface area contributed by atoms with E-state index in [-0.39, 0.29) is 17.2 Å². The molecule has 8 heteroatoms. The van der Waals surface area contributed by atoms with Gasteiger partial charge in [0.2, 0.25) is 5.91 Å². The molecule has 0 saturated carbocycles. The van der Waals surface area contributed by atoms with Crippen LogP contribution in [0.2, 0.25) is 0 Å². The van der Waals surface area contributed by atoms with Crippen LogP contribution in [-0.2, 0) is 11.8 Å². The molecule has 0 aliphatic heterocycles. The van der Waals surface area contributed by atoms with E-state index in [1.54, 1.807) is 19.2 Å². The number of thioether (sulfide) groups is 1. The number of fused-ring (bicyclic) bond motifs is 1. The normalized spacial score (nSPS) is 10.9. The molecule has 0 radical (unpaired) electrons. The quantitative estimate of drug-likeness (QED) is 0.581. The summed E-state index contributed by atoms with van der Waals surface area (Å²) in [6.45, 7) is 0. The Hall–Kier alpha value is -2.19. The van der Waals surface area contributed by atoms with E-state index in [9.17, 15) is 14.0 Å². The summed E-state index contributed by atoms with van der Waals surface area (Å²) in [4.78, 5) is 28.5. The molecule has 5 nitrogen and oxygen atoms in total. The van der Waals surface area contributed by atoms with Crippen molar-refractivity contribution in [2.75, 3.05) is 11.1 Å². The molecule has 0 aliphatic carbocycles. The second-order valence-corrected chi connectivity index (χ2v) is 6.60. The van der Waals surface area contributed by atoms with Crippen molar-refractivity contribution in [1.29, 1.82) is 0 Å². The number of rotatable bonds is 4. The lowest BCUT2D eigenvalue weighted by Gasteiger charge is -2.08. The van der Waals surface area contributed by atoms with Crippen molar-refractivity contribution >= 4 is 44.9 Å². The zero-order valence-corrected chi connectivity index (χ0v) is 13.7. The first kappa shape index (κ1) is 15.7. The largest absolute Gasteiger partial charge is 0.325 e. The SMILES string of the molecule is Cn1c(SCC(=O)Nc2cccc(F)c2)nc2ccsc2c1=O. The fraction of sp³-hybridized carbons (Fsp3) is 0.133. The Morgan fingerprint density at radius 2 is 2.26 bits per heavy atom. The average molecular weight is 349 g/mol. The smallest absolute Gasteiger partial charge is 0.271 e. The van der Waals surface area contributed by atoms with Crippen LogP contribution in [0.25, 0.3) is 10.2 Å². The van der Waals surface area contributed by atoms with Crippen LogP contribution in [0, 0.1) is 5.82 Å². The molecule has 1 N–H and O–H groups in total. The summed E-state index contributed by atoms with van der Waals surface area (Å²) in [7, 11) is 1.63. The van der Waals surface area contributed by atoms with Crippen molar-refractivity contribution in [3.05, 3.63) is 51.9 Å². The minimum Gasteiger partial charge on any atom is -0.325 e. The second-order valence-electron chi connectivity index (χ2n) is 4.74. The van der Waals surface area contributed by atoms with E-state index in [2.05, 4.69) is 10.3 Å². The maximum atomic E-state index is 13.1. The molecule has 0 fully saturated rings. The van der Waals surface area contributed by atoms with E-state index in [4.69, 9.17) is 0 Å². The number of amides is 1. The summed E-state index contributed by atoms with van der Waals surface area (Å²) >= 11 is 2.51. The second kappa shape index (κ2) is 6.51. The minimum absolute atomic E-state index is 0.0758. The maximum Gasteiger partial charge on any atom is 0.271 e. The fourth-order valence-electron chi connectivity index (χ4n) is 1.99. The first-order valence-electron chi connectivity index (χ1n) is 6.67. The van der Waals surface area contributed by atoms with Gasteiger partial charge in [-0.2, -0.15) is 0 Å². The Morgan fingerprint density at radius 3 is 3.04 bits per heavy atom. The van der Waals surface area contributed by atoms with Gasteiger partial charge in [0.1, 0.15) is 10.5 Å². The summed E-state index contributed by atoms with van der Waals surface area (Å²) in [5.74, 6) is -0.630. The van der Waals surface area contributed by atoms with Gasteiger partial charge in [-0.15, -0.1) is 11.3 Å². The van der Waals surface area contributed by atoms with Crippen LogP contribution in [0.15, 0.2) is 45.7 Å². The van der Waals surface area contributed by atoms with Gasteiger partial charge >= 0.3 is 0 Å². The minimum atomic E-state index is -0.414. The number of carbonyl (C=O) groups is 1. The highest BCUT2D eigenvalue weighted by molar-refractivity contribution is 7.99. The molecular formula is C15H12FN3O2S2. The van der Waals surface area contributed by atoms with Crippen LogP contribution in [0.5, 0.6) is 0 Å². The molecule has 0 saturated heterocycles. The van der Waals surface area contributed by atoms with Crippen molar-refractivity contribution in [3.8, 4) is 0 Å². The lowest BCUT2D eigenvalue weighted by atomic mass is 10.3. The van der Waals surface area contributed by atoms with E-state index in [0.717, 1.165) is 11.8 Å². The molecule has 0 aliphatic rings. The van der Waals surface area contributed by atoms with Gasteiger partial charge in [0.25, 0.3) is 5.56 Å². The fourth-order valence-corrected chi connectivity index (χ4v) is 3.57. The number of halogens is 1. The van der Waals surface area contributed by atoms with E-state index >= 15 is 0 Å². The zero-order valence-electron chi connectivity index (χ0n) is 12.1. The maximum absolute atomic E-state index is 13.1. The van der Waals surface area contributed by atoms with Gasteiger partial charge in [-0.1, -0.05) is 17.8 Å². The number of nitrogens with zero attached hydrogens (tertiary/aromatic N) is 2. The molecule has 0 atom stereocenters. The predicted molar refractivity (Wildman–Crippen MR) is 90.6 cm³/mol. The highest BCUT2D eigenvalue weighted by Crippen LogP contribution is 2.20. The van der Waals surface area contributed by atoms with E-state index in [1.165, 1.54) is 34.1 Å². The van der Waals surface area contributed by atoms with E-state index in [0.29, 0.717) is 21.1 Å². The van der Waals surface area contributed by atoms with Gasteiger partial charge in [0.05, 0.1) is 11.3 Å². The van der Waals surface area contributed by atoms with Gasteiger partial charge in [0, 0.05) is 12.7 Å².